The quantitative estimate of drug-likeness (QED) is 0.348. The summed E-state index contributed by atoms with van der Waals surface area (Å²) in [5, 5.41) is 11.1. The molecule has 2 N–H and O–H groups in total. The van der Waals surface area contributed by atoms with Gasteiger partial charge in [0.2, 0.25) is 5.88 Å². The van der Waals surface area contributed by atoms with Crippen molar-refractivity contribution >= 4 is 40.8 Å². The van der Waals surface area contributed by atoms with Crippen LogP contribution in [0.15, 0.2) is 72.1 Å². The molecule has 9 heteroatoms. The molecule has 4 rings (SSSR count). The van der Waals surface area contributed by atoms with Gasteiger partial charge < -0.3 is 19.9 Å². The van der Waals surface area contributed by atoms with Crippen LogP contribution in [-0.2, 0) is 4.79 Å². The van der Waals surface area contributed by atoms with Crippen molar-refractivity contribution in [1.82, 2.24) is 0 Å². The Labute approximate surface area is 204 Å². The van der Waals surface area contributed by atoms with Crippen LogP contribution in [-0.4, -0.2) is 12.6 Å². The molecular weight excluding hydrogens is 487 g/mol. The first-order chi connectivity index (χ1) is 15.9. The summed E-state index contributed by atoms with van der Waals surface area (Å²) in [5.41, 5.74) is 7.52. The van der Waals surface area contributed by atoms with Gasteiger partial charge in [0.15, 0.2) is 6.61 Å². The van der Waals surface area contributed by atoms with E-state index >= 15 is 0 Å². The molecule has 33 heavy (non-hydrogen) atoms. The number of carbonyl (C=O) groups is 1. The summed E-state index contributed by atoms with van der Waals surface area (Å²) in [7, 11) is 0. The average molecular weight is 502 g/mol. The van der Waals surface area contributed by atoms with E-state index in [1.807, 2.05) is 0 Å². The third-order valence-corrected chi connectivity index (χ3v) is 5.68. The average Bonchev–Trinajstić information content (AvgIpc) is 2.78. The van der Waals surface area contributed by atoms with Crippen LogP contribution in [0.25, 0.3) is 0 Å². The van der Waals surface area contributed by atoms with E-state index < -0.39 is 11.9 Å². The molecule has 0 amide bonds. The number of nitrogens with two attached hydrogens (primary N) is 1. The van der Waals surface area contributed by atoms with Crippen LogP contribution in [0.3, 0.4) is 0 Å². The Morgan fingerprint density at radius 3 is 2.33 bits per heavy atom. The number of ether oxygens (including phenoxy) is 3. The number of fused-ring (bicyclic) bond motifs is 1. The van der Waals surface area contributed by atoms with Crippen molar-refractivity contribution < 1.29 is 19.0 Å². The van der Waals surface area contributed by atoms with Crippen molar-refractivity contribution in [3.05, 3.63) is 98.3 Å². The van der Waals surface area contributed by atoms with Crippen molar-refractivity contribution in [1.29, 1.82) is 5.26 Å². The lowest BCUT2D eigenvalue weighted by molar-refractivity contribution is -0.136. The van der Waals surface area contributed by atoms with Gasteiger partial charge in [0.1, 0.15) is 28.9 Å². The van der Waals surface area contributed by atoms with E-state index in [2.05, 4.69) is 6.07 Å². The normalized spacial score (nSPS) is 14.7. The molecule has 6 nitrogen and oxygen atoms in total. The first-order valence-corrected chi connectivity index (χ1v) is 10.7. The molecule has 1 atom stereocenters. The van der Waals surface area contributed by atoms with Gasteiger partial charge in [-0.2, -0.15) is 5.26 Å². The Bertz CT molecular complexity index is 1300. The highest BCUT2D eigenvalue weighted by molar-refractivity contribution is 6.35. The number of nitriles is 1. The van der Waals surface area contributed by atoms with Gasteiger partial charge in [-0.05, 0) is 48.0 Å². The zero-order valence-electron chi connectivity index (χ0n) is 16.8. The van der Waals surface area contributed by atoms with Gasteiger partial charge in [0.05, 0.1) is 5.92 Å². The molecule has 0 saturated carbocycles. The first-order valence-electron chi connectivity index (χ1n) is 9.61. The highest BCUT2D eigenvalue weighted by Crippen LogP contribution is 2.45. The van der Waals surface area contributed by atoms with Crippen LogP contribution in [0.2, 0.25) is 15.1 Å². The zero-order chi connectivity index (χ0) is 23.5. The first kappa shape index (κ1) is 22.8. The van der Waals surface area contributed by atoms with Gasteiger partial charge in [-0.1, -0.05) is 46.9 Å². The summed E-state index contributed by atoms with van der Waals surface area (Å²) < 4.78 is 16.4. The van der Waals surface area contributed by atoms with Gasteiger partial charge in [-0.15, -0.1) is 0 Å². The summed E-state index contributed by atoms with van der Waals surface area (Å²) in [6.07, 6.45) is 0. The maximum Gasteiger partial charge on any atom is 0.349 e. The van der Waals surface area contributed by atoms with Gasteiger partial charge in [0, 0.05) is 26.7 Å². The predicted molar refractivity (Wildman–Crippen MR) is 125 cm³/mol. The minimum Gasteiger partial charge on any atom is -0.482 e. The monoisotopic (exact) mass is 500 g/mol. The number of allylic oxidation sites excluding steroid dienone is 1. The largest absolute Gasteiger partial charge is 0.482 e. The van der Waals surface area contributed by atoms with Crippen LogP contribution in [0.1, 0.15) is 17.0 Å². The van der Waals surface area contributed by atoms with E-state index in [1.54, 1.807) is 54.6 Å². The highest BCUT2D eigenvalue weighted by atomic mass is 35.5. The van der Waals surface area contributed by atoms with Crippen LogP contribution in [0.4, 0.5) is 0 Å². The molecule has 3 aromatic carbocycles. The summed E-state index contributed by atoms with van der Waals surface area (Å²) in [5.74, 6) is -0.190. The number of esters is 1. The van der Waals surface area contributed by atoms with E-state index in [9.17, 15) is 10.1 Å². The number of rotatable bonds is 5. The van der Waals surface area contributed by atoms with Gasteiger partial charge in [0.25, 0.3) is 0 Å². The number of benzene rings is 3. The van der Waals surface area contributed by atoms with Gasteiger partial charge >= 0.3 is 5.97 Å². The Kier molecular flexibility index (Phi) is 6.66. The van der Waals surface area contributed by atoms with E-state index in [0.717, 1.165) is 0 Å². The lowest BCUT2D eigenvalue weighted by Gasteiger charge is -2.27. The molecule has 0 saturated heterocycles. The summed E-state index contributed by atoms with van der Waals surface area (Å²) in [6.45, 7) is -0.302. The number of carbonyl (C=O) groups excluding carboxylic acids is 1. The fourth-order valence-corrected chi connectivity index (χ4v) is 4.03. The lowest BCUT2D eigenvalue weighted by Crippen LogP contribution is -2.22. The lowest BCUT2D eigenvalue weighted by atomic mass is 9.83. The summed E-state index contributed by atoms with van der Waals surface area (Å²) in [4.78, 5) is 12.2. The zero-order valence-corrected chi connectivity index (χ0v) is 19.1. The fourth-order valence-electron chi connectivity index (χ4n) is 3.39. The molecule has 0 radical (unpaired) electrons. The molecule has 1 aliphatic rings. The second-order valence-electron chi connectivity index (χ2n) is 7.01. The van der Waals surface area contributed by atoms with Crippen molar-refractivity contribution in [2.24, 2.45) is 5.73 Å². The third-order valence-electron chi connectivity index (χ3n) is 4.87. The fraction of sp³-hybridized carbons (Fsp3) is 0.0833. The SMILES string of the molecule is N#CC1=C(N)Oc2cc(OC(=O)COc3ccc(Cl)cc3)ccc2C1c1ccc(Cl)cc1Cl. The van der Waals surface area contributed by atoms with Crippen LogP contribution in [0, 0.1) is 11.3 Å². The van der Waals surface area contributed by atoms with E-state index in [-0.39, 0.29) is 23.8 Å². The number of hydrogen-bond donors (Lipinski definition) is 1. The highest BCUT2D eigenvalue weighted by Gasteiger charge is 2.32. The van der Waals surface area contributed by atoms with E-state index in [1.165, 1.54) is 6.07 Å². The molecular formula is C24H15Cl3N2O4. The molecule has 0 aromatic heterocycles. The second-order valence-corrected chi connectivity index (χ2v) is 8.29. The Morgan fingerprint density at radius 1 is 0.970 bits per heavy atom. The standard InChI is InChI=1S/C24H15Cl3N2O4/c25-13-1-4-15(5-2-13)31-12-22(30)32-16-6-8-18-21(10-16)33-24(29)19(11-28)23(18)17-7-3-14(26)9-20(17)27/h1-10,23H,12,29H2. The van der Waals surface area contributed by atoms with Crippen molar-refractivity contribution in [3.63, 3.8) is 0 Å². The number of hydrogen-bond acceptors (Lipinski definition) is 6. The van der Waals surface area contributed by atoms with Crippen molar-refractivity contribution in [2.75, 3.05) is 6.61 Å². The molecule has 166 valence electrons. The second kappa shape index (κ2) is 9.63. The molecule has 0 fully saturated rings. The molecule has 0 bridgehead atoms. The van der Waals surface area contributed by atoms with E-state index in [0.29, 0.717) is 37.7 Å². The topological polar surface area (TPSA) is 94.6 Å². The summed E-state index contributed by atoms with van der Waals surface area (Å²) >= 11 is 18.3. The smallest absolute Gasteiger partial charge is 0.349 e. The molecule has 0 aliphatic carbocycles. The van der Waals surface area contributed by atoms with Crippen LogP contribution < -0.4 is 19.9 Å². The maximum absolute atomic E-state index is 12.2. The number of nitrogens with zero attached hydrogens (tertiary/aromatic N) is 1. The molecule has 1 heterocycles. The Morgan fingerprint density at radius 2 is 1.64 bits per heavy atom. The number of halogens is 3. The van der Waals surface area contributed by atoms with Crippen molar-refractivity contribution in [2.45, 2.75) is 5.92 Å². The Balaban J connectivity index is 1.56. The molecule has 0 spiro atoms. The van der Waals surface area contributed by atoms with Crippen molar-refractivity contribution in [3.8, 4) is 23.3 Å². The van der Waals surface area contributed by atoms with E-state index in [4.69, 9.17) is 54.7 Å². The molecule has 1 unspecified atom stereocenters. The minimum atomic E-state index is -0.612. The predicted octanol–water partition coefficient (Wildman–Crippen LogP) is 5.85. The molecule has 1 aliphatic heterocycles. The van der Waals surface area contributed by atoms with Gasteiger partial charge in [-0.25, -0.2) is 4.79 Å². The maximum atomic E-state index is 12.2. The van der Waals surface area contributed by atoms with Gasteiger partial charge in [-0.3, -0.25) is 0 Å². The van der Waals surface area contributed by atoms with Crippen LogP contribution >= 0.6 is 34.8 Å². The molecule has 3 aromatic rings. The summed E-state index contributed by atoms with van der Waals surface area (Å²) in [6, 6.07) is 18.5. The van der Waals surface area contributed by atoms with Crippen LogP contribution in [0.5, 0.6) is 17.2 Å². The minimum absolute atomic E-state index is 0.0597. The Hall–Kier alpha value is -3.37. The third kappa shape index (κ3) is 5.01.